The van der Waals surface area contributed by atoms with Crippen LogP contribution in [0.5, 0.6) is 0 Å². The Balaban J connectivity index is 0.00000256. The minimum Gasteiger partial charge on any atom is -1.00 e. The third kappa shape index (κ3) is 4.21. The number of halogens is 1. The maximum Gasteiger partial charge on any atom is 0.276 e. The monoisotopic (exact) mass is 477 g/mol. The predicted molar refractivity (Wildman–Crippen MR) is 122 cm³/mol. The van der Waals surface area contributed by atoms with Gasteiger partial charge in [0.25, 0.3) is 5.69 Å². The van der Waals surface area contributed by atoms with Gasteiger partial charge in [-0.1, -0.05) is 66.7 Å². The second-order valence-corrected chi connectivity index (χ2v) is 10.3. The number of benzene rings is 4. The summed E-state index contributed by atoms with van der Waals surface area (Å²) >= 11 is 0. The fraction of sp³-hybridized carbons (Fsp3) is 0.0400. The van der Waals surface area contributed by atoms with Crippen LogP contribution in [0.1, 0.15) is 5.56 Å². The number of nitro benzene ring substituents is 1. The van der Waals surface area contributed by atoms with Crippen molar-refractivity contribution in [2.24, 2.45) is 0 Å². The minimum absolute atomic E-state index is 0. The molecule has 0 aliphatic carbocycles. The van der Waals surface area contributed by atoms with E-state index in [0.717, 1.165) is 5.56 Å². The van der Waals surface area contributed by atoms with E-state index < -0.39 is 7.26 Å². The van der Waals surface area contributed by atoms with Gasteiger partial charge in [-0.25, -0.2) is 0 Å². The van der Waals surface area contributed by atoms with Crippen LogP contribution in [-0.4, -0.2) is 4.92 Å². The normalized spacial score (nSPS) is 10.8. The number of para-hydroxylation sites is 1. The van der Waals surface area contributed by atoms with Gasteiger partial charge in [-0.05, 0) is 42.5 Å². The number of rotatable bonds is 6. The molecule has 30 heavy (non-hydrogen) atoms. The highest BCUT2D eigenvalue weighted by Gasteiger charge is 2.46. The zero-order valence-electron chi connectivity index (χ0n) is 16.3. The molecule has 150 valence electrons. The van der Waals surface area contributed by atoms with Crippen LogP contribution in [0.15, 0.2) is 115 Å². The zero-order valence-corrected chi connectivity index (χ0v) is 18.7. The van der Waals surface area contributed by atoms with Gasteiger partial charge in [-0.3, -0.25) is 10.1 Å². The van der Waals surface area contributed by atoms with Crippen LogP contribution in [0.25, 0.3) is 0 Å². The molecule has 0 saturated heterocycles. The molecule has 0 aliphatic heterocycles. The molecule has 4 rings (SSSR count). The highest BCUT2D eigenvalue weighted by atomic mass is 79.9. The molecule has 0 amide bonds. The Labute approximate surface area is 187 Å². The molecule has 0 bridgehead atoms. The first-order valence-electron chi connectivity index (χ1n) is 9.49. The van der Waals surface area contributed by atoms with Gasteiger partial charge in [0.2, 0.25) is 0 Å². The molecule has 0 heterocycles. The summed E-state index contributed by atoms with van der Waals surface area (Å²) in [6, 6.07) is 38.4. The maximum absolute atomic E-state index is 11.7. The number of nitro groups is 1. The minimum atomic E-state index is -2.15. The first-order valence-corrected chi connectivity index (χ1v) is 11.5. The van der Waals surface area contributed by atoms with Gasteiger partial charge < -0.3 is 17.0 Å². The second kappa shape index (κ2) is 9.80. The van der Waals surface area contributed by atoms with E-state index in [9.17, 15) is 10.1 Å². The van der Waals surface area contributed by atoms with Crippen molar-refractivity contribution in [1.82, 2.24) is 0 Å². The molecule has 3 nitrogen and oxygen atoms in total. The fourth-order valence-electron chi connectivity index (χ4n) is 3.85. The third-order valence-corrected chi connectivity index (χ3v) is 9.54. The van der Waals surface area contributed by atoms with E-state index in [4.69, 9.17) is 0 Å². The lowest BCUT2D eigenvalue weighted by Gasteiger charge is -2.27. The van der Waals surface area contributed by atoms with Gasteiger partial charge in [-0.15, -0.1) is 0 Å². The Morgan fingerprint density at radius 3 is 1.37 bits per heavy atom. The highest BCUT2D eigenvalue weighted by Crippen LogP contribution is 2.58. The Morgan fingerprint density at radius 1 is 0.600 bits per heavy atom. The van der Waals surface area contributed by atoms with Crippen LogP contribution >= 0.6 is 7.26 Å². The third-order valence-electron chi connectivity index (χ3n) is 5.19. The molecule has 0 N–H and O–H groups in total. The van der Waals surface area contributed by atoms with Crippen molar-refractivity contribution in [3.05, 3.63) is 131 Å². The fourth-order valence-corrected chi connectivity index (χ4v) is 8.11. The van der Waals surface area contributed by atoms with Gasteiger partial charge in [0.1, 0.15) is 29.3 Å². The van der Waals surface area contributed by atoms with Gasteiger partial charge >= 0.3 is 0 Å². The summed E-state index contributed by atoms with van der Waals surface area (Å²) in [6.45, 7) is 0. The van der Waals surface area contributed by atoms with E-state index in [1.165, 1.54) is 15.9 Å². The van der Waals surface area contributed by atoms with E-state index in [1.54, 1.807) is 12.1 Å². The van der Waals surface area contributed by atoms with Gasteiger partial charge in [0.15, 0.2) is 0 Å². The van der Waals surface area contributed by atoms with E-state index in [0.29, 0.717) is 6.16 Å². The largest absolute Gasteiger partial charge is 1.00 e. The summed E-state index contributed by atoms with van der Waals surface area (Å²) in [5, 5.41) is 15.4. The molecular weight excluding hydrogens is 457 g/mol. The van der Waals surface area contributed by atoms with Crippen molar-refractivity contribution in [2.75, 3.05) is 0 Å². The Hall–Kier alpha value is -2.81. The van der Waals surface area contributed by atoms with E-state index in [2.05, 4.69) is 72.8 Å². The quantitative estimate of drug-likeness (QED) is 0.242. The molecule has 0 unspecified atom stereocenters. The summed E-state index contributed by atoms with van der Waals surface area (Å²) in [5.74, 6) is 0. The van der Waals surface area contributed by atoms with Crippen LogP contribution in [0, 0.1) is 10.1 Å². The molecule has 0 saturated carbocycles. The Kier molecular flexibility index (Phi) is 7.15. The smallest absolute Gasteiger partial charge is 0.276 e. The summed E-state index contributed by atoms with van der Waals surface area (Å²) in [7, 11) is -2.15. The van der Waals surface area contributed by atoms with Crippen molar-refractivity contribution in [2.45, 2.75) is 6.16 Å². The van der Waals surface area contributed by atoms with Crippen molar-refractivity contribution in [3.63, 3.8) is 0 Å². The number of hydrogen-bond donors (Lipinski definition) is 0. The van der Waals surface area contributed by atoms with Crippen molar-refractivity contribution < 1.29 is 21.9 Å². The van der Waals surface area contributed by atoms with Crippen LogP contribution < -0.4 is 32.9 Å². The predicted octanol–water partition coefficient (Wildman–Crippen LogP) is 2.09. The van der Waals surface area contributed by atoms with E-state index in [-0.39, 0.29) is 27.6 Å². The van der Waals surface area contributed by atoms with Crippen LogP contribution in [0.2, 0.25) is 0 Å². The Morgan fingerprint density at radius 2 is 0.967 bits per heavy atom. The molecule has 0 aliphatic rings. The SMILES string of the molecule is O=[N+]([O-])c1ccccc1C[P+](c1ccccc1)(c1ccccc1)c1ccccc1.[Br-]. The standard InChI is InChI=1S/C25H21NO2P.BrH/c27-26(28)25-19-11-10-12-21(25)20-29(22-13-4-1-5-14-22,23-15-6-2-7-16-23)24-17-8-3-9-18-24;/h1-19H,20H2;1H/q+1;/p-1. The lowest BCUT2D eigenvalue weighted by molar-refractivity contribution is -0.385. The molecule has 0 fully saturated rings. The molecule has 4 aromatic rings. The molecule has 0 spiro atoms. The molecule has 0 aromatic heterocycles. The van der Waals surface area contributed by atoms with Crippen LogP contribution in [-0.2, 0) is 6.16 Å². The Bertz CT molecular complexity index is 1010. The van der Waals surface area contributed by atoms with Crippen LogP contribution in [0.3, 0.4) is 0 Å². The lowest BCUT2D eigenvalue weighted by Crippen LogP contribution is -3.00. The average molecular weight is 478 g/mol. The molecule has 5 heteroatoms. The first-order chi connectivity index (χ1) is 14.2. The van der Waals surface area contributed by atoms with E-state index >= 15 is 0 Å². The van der Waals surface area contributed by atoms with Gasteiger partial charge in [0.05, 0.1) is 10.5 Å². The summed E-state index contributed by atoms with van der Waals surface area (Å²) in [4.78, 5) is 11.5. The average Bonchev–Trinajstić information content (AvgIpc) is 2.79. The zero-order chi connectivity index (χ0) is 20.1. The second-order valence-electron chi connectivity index (χ2n) is 6.86. The van der Waals surface area contributed by atoms with Gasteiger partial charge in [0, 0.05) is 6.07 Å². The molecule has 0 radical (unpaired) electrons. The topological polar surface area (TPSA) is 43.1 Å². The van der Waals surface area contributed by atoms with Crippen molar-refractivity contribution >= 4 is 28.9 Å². The van der Waals surface area contributed by atoms with Gasteiger partial charge in [-0.2, -0.15) is 0 Å². The summed E-state index contributed by atoms with van der Waals surface area (Å²) in [6.07, 6.45) is 0.599. The molecule has 0 atom stereocenters. The van der Waals surface area contributed by atoms with Crippen molar-refractivity contribution in [1.29, 1.82) is 0 Å². The summed E-state index contributed by atoms with van der Waals surface area (Å²) < 4.78 is 0. The molecular formula is C25H21BrNO2P. The first kappa shape index (κ1) is 21.9. The maximum atomic E-state index is 11.7. The van der Waals surface area contributed by atoms with Crippen LogP contribution in [0.4, 0.5) is 5.69 Å². The molecule has 4 aromatic carbocycles. The highest BCUT2D eigenvalue weighted by molar-refractivity contribution is 7.95. The summed E-state index contributed by atoms with van der Waals surface area (Å²) in [5.41, 5.74) is 0.946. The van der Waals surface area contributed by atoms with Crippen molar-refractivity contribution in [3.8, 4) is 0 Å². The lowest BCUT2D eigenvalue weighted by atomic mass is 10.2. The number of nitrogens with zero attached hydrogens (tertiary/aromatic N) is 1. The van der Waals surface area contributed by atoms with E-state index in [1.807, 2.05) is 30.3 Å². The number of hydrogen-bond acceptors (Lipinski definition) is 2.